The number of thiophene rings is 1. The predicted octanol–water partition coefficient (Wildman–Crippen LogP) is 3.22. The Labute approximate surface area is 149 Å². The van der Waals surface area contributed by atoms with Crippen molar-refractivity contribution in [3.8, 4) is 0 Å². The van der Waals surface area contributed by atoms with Crippen LogP contribution in [0.25, 0.3) is 10.1 Å². The molecule has 1 aromatic heterocycles. The SMILES string of the molecule is O=C(NCC(O)C(O)c1csc2ccccc12)OCc1ccccc1. The first kappa shape index (κ1) is 17.4. The van der Waals surface area contributed by atoms with Gasteiger partial charge in [-0.15, -0.1) is 11.3 Å². The fourth-order valence-electron chi connectivity index (χ4n) is 2.51. The Kier molecular flexibility index (Phi) is 5.65. The highest BCUT2D eigenvalue weighted by atomic mass is 32.1. The van der Waals surface area contributed by atoms with Crippen LogP contribution < -0.4 is 5.32 Å². The molecule has 2 atom stereocenters. The van der Waals surface area contributed by atoms with E-state index >= 15 is 0 Å². The number of carbonyl (C=O) groups excluding carboxylic acids is 1. The number of benzene rings is 2. The molecule has 2 aromatic carbocycles. The monoisotopic (exact) mass is 357 g/mol. The van der Waals surface area contributed by atoms with Gasteiger partial charge in [0.15, 0.2) is 0 Å². The number of carbonyl (C=O) groups is 1. The summed E-state index contributed by atoms with van der Waals surface area (Å²) in [7, 11) is 0. The fraction of sp³-hybridized carbons (Fsp3) is 0.211. The predicted molar refractivity (Wildman–Crippen MR) is 97.4 cm³/mol. The third-order valence-electron chi connectivity index (χ3n) is 3.86. The maximum absolute atomic E-state index is 11.7. The highest BCUT2D eigenvalue weighted by Gasteiger charge is 2.22. The van der Waals surface area contributed by atoms with Crippen molar-refractivity contribution < 1.29 is 19.7 Å². The molecule has 0 radical (unpaired) electrons. The van der Waals surface area contributed by atoms with Crippen LogP contribution in [0.4, 0.5) is 4.79 Å². The van der Waals surface area contributed by atoms with Gasteiger partial charge in [0.2, 0.25) is 0 Å². The molecule has 25 heavy (non-hydrogen) atoms. The van der Waals surface area contributed by atoms with Crippen molar-refractivity contribution in [1.29, 1.82) is 0 Å². The van der Waals surface area contributed by atoms with Gasteiger partial charge in [0.1, 0.15) is 18.8 Å². The van der Waals surface area contributed by atoms with E-state index in [9.17, 15) is 15.0 Å². The molecule has 0 aliphatic heterocycles. The van der Waals surface area contributed by atoms with E-state index in [1.54, 1.807) is 0 Å². The summed E-state index contributed by atoms with van der Waals surface area (Å²) in [5, 5.41) is 25.7. The molecule has 0 aliphatic rings. The van der Waals surface area contributed by atoms with Crippen LogP contribution in [0.3, 0.4) is 0 Å². The van der Waals surface area contributed by atoms with Crippen LogP contribution in [0.2, 0.25) is 0 Å². The van der Waals surface area contributed by atoms with Crippen molar-refractivity contribution in [1.82, 2.24) is 5.32 Å². The van der Waals surface area contributed by atoms with Gasteiger partial charge < -0.3 is 20.3 Å². The van der Waals surface area contributed by atoms with Crippen LogP contribution in [0.5, 0.6) is 0 Å². The van der Waals surface area contributed by atoms with Crippen LogP contribution in [-0.4, -0.2) is 29.0 Å². The minimum absolute atomic E-state index is 0.0983. The van der Waals surface area contributed by atoms with Crippen LogP contribution in [0, 0.1) is 0 Å². The molecule has 5 nitrogen and oxygen atoms in total. The van der Waals surface area contributed by atoms with E-state index in [1.165, 1.54) is 11.3 Å². The Hall–Kier alpha value is -2.41. The van der Waals surface area contributed by atoms with Crippen LogP contribution in [-0.2, 0) is 11.3 Å². The van der Waals surface area contributed by atoms with Gasteiger partial charge in [0.25, 0.3) is 0 Å². The molecule has 0 bridgehead atoms. The smallest absolute Gasteiger partial charge is 0.407 e. The van der Waals surface area contributed by atoms with E-state index in [0.29, 0.717) is 5.56 Å². The molecule has 0 spiro atoms. The molecule has 3 rings (SSSR count). The number of rotatable bonds is 6. The van der Waals surface area contributed by atoms with Gasteiger partial charge in [-0.2, -0.15) is 0 Å². The summed E-state index contributed by atoms with van der Waals surface area (Å²) in [4.78, 5) is 11.7. The number of hydrogen-bond donors (Lipinski definition) is 3. The zero-order chi connectivity index (χ0) is 17.6. The topological polar surface area (TPSA) is 78.8 Å². The van der Waals surface area contributed by atoms with E-state index in [4.69, 9.17) is 4.74 Å². The van der Waals surface area contributed by atoms with Gasteiger partial charge in [-0.25, -0.2) is 4.79 Å². The van der Waals surface area contributed by atoms with E-state index in [2.05, 4.69) is 5.32 Å². The standard InChI is InChI=1S/C19H19NO4S/c21-16(10-20-19(23)24-11-13-6-2-1-3-7-13)18(22)15-12-25-17-9-5-4-8-14(15)17/h1-9,12,16,18,21-22H,10-11H2,(H,20,23). The number of nitrogens with one attached hydrogen (secondary N) is 1. The lowest BCUT2D eigenvalue weighted by molar-refractivity contribution is 0.0194. The molecule has 0 aliphatic carbocycles. The molecule has 0 fully saturated rings. The number of aliphatic hydroxyl groups is 2. The first-order valence-electron chi connectivity index (χ1n) is 7.92. The number of aliphatic hydroxyl groups excluding tert-OH is 2. The van der Waals surface area contributed by atoms with Crippen molar-refractivity contribution in [2.45, 2.75) is 18.8 Å². The zero-order valence-electron chi connectivity index (χ0n) is 13.5. The lowest BCUT2D eigenvalue weighted by Crippen LogP contribution is -2.35. The molecular weight excluding hydrogens is 338 g/mol. The van der Waals surface area contributed by atoms with Gasteiger partial charge >= 0.3 is 6.09 Å². The van der Waals surface area contributed by atoms with Gasteiger partial charge in [-0.1, -0.05) is 48.5 Å². The first-order valence-corrected chi connectivity index (χ1v) is 8.80. The third kappa shape index (κ3) is 4.36. The van der Waals surface area contributed by atoms with E-state index in [1.807, 2.05) is 60.0 Å². The summed E-state index contributed by atoms with van der Waals surface area (Å²) in [5.41, 5.74) is 1.54. The summed E-state index contributed by atoms with van der Waals surface area (Å²) in [6.07, 6.45) is -2.84. The Morgan fingerprint density at radius 1 is 1.08 bits per heavy atom. The van der Waals surface area contributed by atoms with Crippen LogP contribution in [0.1, 0.15) is 17.2 Å². The lowest BCUT2D eigenvalue weighted by atomic mass is 10.0. The summed E-state index contributed by atoms with van der Waals surface area (Å²) < 4.78 is 6.12. The molecule has 130 valence electrons. The van der Waals surface area contributed by atoms with Gasteiger partial charge in [-0.05, 0) is 22.4 Å². The molecule has 0 saturated carbocycles. The number of fused-ring (bicyclic) bond motifs is 1. The Balaban J connectivity index is 1.51. The maximum atomic E-state index is 11.7. The average Bonchev–Trinajstić information content (AvgIpc) is 3.08. The van der Waals surface area contributed by atoms with Crippen molar-refractivity contribution in [3.63, 3.8) is 0 Å². The fourth-order valence-corrected chi connectivity index (χ4v) is 3.50. The van der Waals surface area contributed by atoms with Gasteiger partial charge in [0.05, 0.1) is 0 Å². The lowest BCUT2D eigenvalue weighted by Gasteiger charge is -2.18. The molecule has 1 heterocycles. The number of ether oxygens (including phenoxy) is 1. The number of hydrogen-bond acceptors (Lipinski definition) is 5. The minimum Gasteiger partial charge on any atom is -0.445 e. The normalized spacial score (nSPS) is 13.4. The molecule has 2 unspecified atom stereocenters. The summed E-state index contributed by atoms with van der Waals surface area (Å²) in [6.45, 7) is 0.0550. The highest BCUT2D eigenvalue weighted by Crippen LogP contribution is 2.31. The number of alkyl carbamates (subject to hydrolysis) is 1. The second kappa shape index (κ2) is 8.11. The summed E-state index contributed by atoms with van der Waals surface area (Å²) >= 11 is 1.51. The quantitative estimate of drug-likeness (QED) is 0.633. The first-order chi connectivity index (χ1) is 12.1. The molecule has 3 aromatic rings. The van der Waals surface area contributed by atoms with Crippen LogP contribution in [0.15, 0.2) is 60.0 Å². The molecule has 0 saturated heterocycles. The van der Waals surface area contributed by atoms with Crippen molar-refractivity contribution in [3.05, 3.63) is 71.1 Å². The maximum Gasteiger partial charge on any atom is 0.407 e. The van der Waals surface area contributed by atoms with Gasteiger partial charge in [0, 0.05) is 16.8 Å². The number of amides is 1. The van der Waals surface area contributed by atoms with Crippen molar-refractivity contribution in [2.24, 2.45) is 0 Å². The Morgan fingerprint density at radius 2 is 1.80 bits per heavy atom. The second-order valence-electron chi connectivity index (χ2n) is 5.64. The van der Waals surface area contributed by atoms with Crippen molar-refractivity contribution >= 4 is 27.5 Å². The van der Waals surface area contributed by atoms with E-state index in [0.717, 1.165) is 15.6 Å². The average molecular weight is 357 g/mol. The molecule has 1 amide bonds. The highest BCUT2D eigenvalue weighted by molar-refractivity contribution is 7.17. The zero-order valence-corrected chi connectivity index (χ0v) is 14.3. The molecule has 3 N–H and O–H groups in total. The molecular formula is C19H19NO4S. The second-order valence-corrected chi connectivity index (χ2v) is 6.55. The van der Waals surface area contributed by atoms with Gasteiger partial charge in [-0.3, -0.25) is 0 Å². The van der Waals surface area contributed by atoms with Crippen LogP contribution >= 0.6 is 11.3 Å². The summed E-state index contributed by atoms with van der Waals surface area (Å²) in [5.74, 6) is 0. The Bertz CT molecular complexity index is 834. The van der Waals surface area contributed by atoms with Crippen molar-refractivity contribution in [2.75, 3.05) is 6.54 Å². The largest absolute Gasteiger partial charge is 0.445 e. The summed E-state index contributed by atoms with van der Waals surface area (Å²) in [6, 6.07) is 17.0. The van der Waals surface area contributed by atoms with E-state index < -0.39 is 18.3 Å². The Morgan fingerprint density at radius 3 is 2.60 bits per heavy atom. The third-order valence-corrected chi connectivity index (χ3v) is 4.84. The minimum atomic E-state index is -1.12. The molecule has 6 heteroatoms. The van der Waals surface area contributed by atoms with E-state index in [-0.39, 0.29) is 13.2 Å².